The number of hydrogen-bond acceptors (Lipinski definition) is 5. The van der Waals surface area contributed by atoms with E-state index in [0.29, 0.717) is 13.0 Å². The minimum absolute atomic E-state index is 0.163. The lowest BCUT2D eigenvalue weighted by molar-refractivity contribution is -0.00580. The zero-order chi connectivity index (χ0) is 17.5. The second-order valence-corrected chi connectivity index (χ2v) is 7.59. The molecule has 2 aliphatic heterocycles. The molecule has 2 aliphatic rings. The van der Waals surface area contributed by atoms with Gasteiger partial charge in [-0.2, -0.15) is 0 Å². The van der Waals surface area contributed by atoms with Crippen LogP contribution in [-0.2, 0) is 6.54 Å². The van der Waals surface area contributed by atoms with E-state index in [1.807, 2.05) is 12.1 Å². The predicted molar refractivity (Wildman–Crippen MR) is 98.8 cm³/mol. The highest BCUT2D eigenvalue weighted by molar-refractivity contribution is 5.28. The fraction of sp³-hybridized carbons (Fsp3) is 0.700. The highest BCUT2D eigenvalue weighted by atomic mass is 16.5. The number of aliphatic hydroxyl groups excluding tert-OH is 1. The second kappa shape index (κ2) is 8.99. The fourth-order valence-corrected chi connectivity index (χ4v) is 3.86. The van der Waals surface area contributed by atoms with Crippen molar-refractivity contribution in [2.45, 2.75) is 44.2 Å². The van der Waals surface area contributed by atoms with Gasteiger partial charge in [-0.15, -0.1) is 0 Å². The molecule has 140 valence electrons. The topological polar surface area (TPSA) is 56.2 Å². The second-order valence-electron chi connectivity index (χ2n) is 7.59. The van der Waals surface area contributed by atoms with Crippen LogP contribution in [0.5, 0.6) is 5.75 Å². The van der Waals surface area contributed by atoms with Gasteiger partial charge in [-0.05, 0) is 56.5 Å². The maximum Gasteiger partial charge on any atom is 0.119 e. The molecule has 0 aliphatic carbocycles. The number of rotatable bonds is 8. The van der Waals surface area contributed by atoms with Gasteiger partial charge >= 0.3 is 0 Å². The average molecular weight is 348 g/mol. The molecular formula is C20H32N2O3. The molecule has 0 unspecified atom stereocenters. The minimum Gasteiger partial charge on any atom is -0.494 e. The lowest BCUT2D eigenvalue weighted by Gasteiger charge is -2.26. The van der Waals surface area contributed by atoms with Crippen molar-refractivity contribution >= 4 is 0 Å². The molecule has 2 N–H and O–H groups in total. The molecule has 2 heterocycles. The molecule has 2 saturated heterocycles. The summed E-state index contributed by atoms with van der Waals surface area (Å²) in [4.78, 5) is 4.73. The van der Waals surface area contributed by atoms with Gasteiger partial charge in [0.25, 0.3) is 0 Å². The van der Waals surface area contributed by atoms with Gasteiger partial charge in [0.2, 0.25) is 0 Å². The Morgan fingerprint density at radius 1 is 1.08 bits per heavy atom. The number of hydrogen-bond donors (Lipinski definition) is 2. The predicted octanol–water partition coefficient (Wildman–Crippen LogP) is 1.87. The van der Waals surface area contributed by atoms with Gasteiger partial charge in [-0.25, -0.2) is 0 Å². The quantitative estimate of drug-likeness (QED) is 0.703. The molecule has 0 bridgehead atoms. The van der Waals surface area contributed by atoms with Crippen LogP contribution in [0.25, 0.3) is 0 Å². The summed E-state index contributed by atoms with van der Waals surface area (Å²) in [5.41, 5.74) is 0.262. The molecule has 0 saturated carbocycles. The van der Waals surface area contributed by atoms with Gasteiger partial charge in [-0.1, -0.05) is 18.6 Å². The molecule has 0 aromatic heterocycles. The van der Waals surface area contributed by atoms with E-state index in [0.717, 1.165) is 38.4 Å². The SMILES string of the molecule is OC[C@]1(O)CCN(Cc2cccc(OCCCN3CCCCC3)c2)C1. The fourth-order valence-electron chi connectivity index (χ4n) is 3.86. The summed E-state index contributed by atoms with van der Waals surface area (Å²) in [6, 6.07) is 8.23. The third kappa shape index (κ3) is 5.68. The lowest BCUT2D eigenvalue weighted by atomic mass is 10.1. The van der Waals surface area contributed by atoms with E-state index in [1.54, 1.807) is 0 Å². The summed E-state index contributed by atoms with van der Waals surface area (Å²) in [6.45, 7) is 6.34. The van der Waals surface area contributed by atoms with Gasteiger partial charge in [0.05, 0.1) is 13.2 Å². The summed E-state index contributed by atoms with van der Waals surface area (Å²) in [5, 5.41) is 19.4. The van der Waals surface area contributed by atoms with E-state index >= 15 is 0 Å². The van der Waals surface area contributed by atoms with Crippen molar-refractivity contribution in [1.29, 1.82) is 0 Å². The van der Waals surface area contributed by atoms with Gasteiger partial charge < -0.3 is 19.8 Å². The van der Waals surface area contributed by atoms with E-state index in [-0.39, 0.29) is 6.61 Å². The zero-order valence-corrected chi connectivity index (χ0v) is 15.2. The Kier molecular flexibility index (Phi) is 6.70. The normalized spacial score (nSPS) is 25.4. The van der Waals surface area contributed by atoms with Crippen LogP contribution >= 0.6 is 0 Å². The van der Waals surface area contributed by atoms with Crippen LogP contribution in [0.2, 0.25) is 0 Å². The maximum absolute atomic E-state index is 10.1. The Morgan fingerprint density at radius 3 is 2.68 bits per heavy atom. The summed E-state index contributed by atoms with van der Waals surface area (Å²) >= 11 is 0. The summed E-state index contributed by atoms with van der Waals surface area (Å²) < 4.78 is 5.93. The smallest absolute Gasteiger partial charge is 0.119 e. The van der Waals surface area contributed by atoms with E-state index in [2.05, 4.69) is 21.9 Å². The first kappa shape index (κ1) is 18.6. The first-order valence-corrected chi connectivity index (χ1v) is 9.67. The molecule has 1 aromatic rings. The van der Waals surface area contributed by atoms with Gasteiger partial charge in [0.15, 0.2) is 0 Å². The number of ether oxygens (including phenoxy) is 1. The molecule has 0 amide bonds. The van der Waals surface area contributed by atoms with Crippen LogP contribution in [0, 0.1) is 0 Å². The summed E-state index contributed by atoms with van der Waals surface area (Å²) in [6.07, 6.45) is 5.76. The highest BCUT2D eigenvalue weighted by Gasteiger charge is 2.35. The third-order valence-electron chi connectivity index (χ3n) is 5.35. The maximum atomic E-state index is 10.1. The standard InChI is InChI=1S/C20H32N2O3/c23-17-20(24)8-12-22(16-20)15-18-6-4-7-19(14-18)25-13-5-11-21-9-2-1-3-10-21/h4,6-7,14,23-24H,1-3,5,8-13,15-17H2/t20-/m0/s1. The van der Waals surface area contributed by atoms with Crippen LogP contribution in [0.1, 0.15) is 37.7 Å². The van der Waals surface area contributed by atoms with E-state index < -0.39 is 5.60 Å². The Labute approximate surface area is 151 Å². The van der Waals surface area contributed by atoms with Gasteiger partial charge in [0, 0.05) is 26.2 Å². The van der Waals surface area contributed by atoms with Gasteiger partial charge in [0.1, 0.15) is 11.4 Å². The molecule has 25 heavy (non-hydrogen) atoms. The van der Waals surface area contributed by atoms with Crippen molar-refractivity contribution in [3.05, 3.63) is 29.8 Å². The highest BCUT2D eigenvalue weighted by Crippen LogP contribution is 2.23. The van der Waals surface area contributed by atoms with E-state index in [1.165, 1.54) is 37.9 Å². The van der Waals surface area contributed by atoms with Crippen molar-refractivity contribution < 1.29 is 14.9 Å². The molecule has 1 atom stereocenters. The van der Waals surface area contributed by atoms with Crippen molar-refractivity contribution in [3.63, 3.8) is 0 Å². The molecular weight excluding hydrogens is 316 g/mol. The van der Waals surface area contributed by atoms with E-state index in [9.17, 15) is 10.2 Å². The van der Waals surface area contributed by atoms with Crippen LogP contribution in [0.15, 0.2) is 24.3 Å². The van der Waals surface area contributed by atoms with Gasteiger partial charge in [-0.3, -0.25) is 4.90 Å². The Bertz CT molecular complexity index is 533. The molecule has 5 heteroatoms. The number of β-amino-alcohol motifs (C(OH)–C–C–N with tert-alkyl or cyclic N) is 1. The van der Waals surface area contributed by atoms with Crippen LogP contribution in [0.4, 0.5) is 0 Å². The molecule has 5 nitrogen and oxygen atoms in total. The number of likely N-dealkylation sites (tertiary alicyclic amines) is 2. The summed E-state index contributed by atoms with van der Waals surface area (Å²) in [5.74, 6) is 0.924. The van der Waals surface area contributed by atoms with Crippen LogP contribution < -0.4 is 4.74 Å². The number of piperidine rings is 1. The first-order chi connectivity index (χ1) is 12.2. The first-order valence-electron chi connectivity index (χ1n) is 9.67. The van der Waals surface area contributed by atoms with Crippen LogP contribution in [0.3, 0.4) is 0 Å². The zero-order valence-electron chi connectivity index (χ0n) is 15.2. The van der Waals surface area contributed by atoms with E-state index in [4.69, 9.17) is 4.74 Å². The molecule has 0 radical (unpaired) electrons. The minimum atomic E-state index is -0.928. The van der Waals surface area contributed by atoms with Crippen LogP contribution in [-0.4, -0.2) is 71.6 Å². The number of benzene rings is 1. The number of aliphatic hydroxyl groups is 2. The lowest BCUT2D eigenvalue weighted by Crippen LogP contribution is -2.36. The molecule has 3 rings (SSSR count). The number of nitrogens with zero attached hydrogens (tertiary/aromatic N) is 2. The molecule has 1 aromatic carbocycles. The molecule has 0 spiro atoms. The largest absolute Gasteiger partial charge is 0.494 e. The van der Waals surface area contributed by atoms with Crippen molar-refractivity contribution in [3.8, 4) is 5.75 Å². The Balaban J connectivity index is 1.40. The summed E-state index contributed by atoms with van der Waals surface area (Å²) in [7, 11) is 0. The average Bonchev–Trinajstić information content (AvgIpc) is 3.01. The monoisotopic (exact) mass is 348 g/mol. The Morgan fingerprint density at radius 2 is 1.92 bits per heavy atom. The third-order valence-corrected chi connectivity index (χ3v) is 5.35. The van der Waals surface area contributed by atoms with Crippen molar-refractivity contribution in [2.75, 3.05) is 45.9 Å². The van der Waals surface area contributed by atoms with Crippen molar-refractivity contribution in [2.24, 2.45) is 0 Å². The molecule has 2 fully saturated rings. The van der Waals surface area contributed by atoms with Crippen molar-refractivity contribution in [1.82, 2.24) is 9.80 Å². The Hall–Kier alpha value is -1.14.